The molecule has 0 aliphatic heterocycles. The molecule has 0 heterocycles. The van der Waals surface area contributed by atoms with Crippen molar-refractivity contribution < 1.29 is 14.0 Å². The van der Waals surface area contributed by atoms with Gasteiger partial charge in [0.25, 0.3) is 5.91 Å². The summed E-state index contributed by atoms with van der Waals surface area (Å²) >= 11 is 5.98. The molecule has 2 amide bonds. The van der Waals surface area contributed by atoms with Gasteiger partial charge in [-0.3, -0.25) is 9.59 Å². The highest BCUT2D eigenvalue weighted by Crippen LogP contribution is 2.14. The minimum atomic E-state index is -0.319. The number of halogens is 2. The van der Waals surface area contributed by atoms with Crippen molar-refractivity contribution in [2.45, 2.75) is 13.5 Å². The van der Waals surface area contributed by atoms with Crippen molar-refractivity contribution in [1.82, 2.24) is 10.2 Å². The van der Waals surface area contributed by atoms with Crippen LogP contribution in [0.2, 0.25) is 5.02 Å². The second kappa shape index (κ2) is 8.45. The number of amides is 2. The maximum absolute atomic E-state index is 12.9. The summed E-state index contributed by atoms with van der Waals surface area (Å²) in [5.74, 6) is -0.725. The lowest BCUT2D eigenvalue weighted by Gasteiger charge is -2.21. The van der Waals surface area contributed by atoms with Crippen LogP contribution < -0.4 is 5.32 Å². The van der Waals surface area contributed by atoms with Gasteiger partial charge in [-0.1, -0.05) is 35.9 Å². The molecule has 24 heavy (non-hydrogen) atoms. The van der Waals surface area contributed by atoms with Gasteiger partial charge in [0.1, 0.15) is 5.82 Å². The molecular weight excluding hydrogens is 331 g/mol. The normalized spacial score (nSPS) is 10.3. The number of hydrogen-bond donors (Lipinski definition) is 1. The number of rotatable bonds is 6. The van der Waals surface area contributed by atoms with E-state index < -0.39 is 0 Å². The number of benzene rings is 2. The molecule has 0 aliphatic rings. The smallest absolute Gasteiger partial charge is 0.252 e. The lowest BCUT2D eigenvalue weighted by molar-refractivity contribution is -0.129. The second-order valence-electron chi connectivity index (χ2n) is 5.30. The number of hydrogen-bond acceptors (Lipinski definition) is 2. The van der Waals surface area contributed by atoms with E-state index in [1.807, 2.05) is 0 Å². The molecule has 0 unspecified atom stereocenters. The summed E-state index contributed by atoms with van der Waals surface area (Å²) in [7, 11) is 0. The van der Waals surface area contributed by atoms with Crippen LogP contribution in [0.15, 0.2) is 48.5 Å². The minimum absolute atomic E-state index is 0.119. The van der Waals surface area contributed by atoms with Crippen molar-refractivity contribution >= 4 is 23.4 Å². The highest BCUT2D eigenvalue weighted by Gasteiger charge is 2.12. The van der Waals surface area contributed by atoms with E-state index in [0.29, 0.717) is 30.2 Å². The number of nitrogens with one attached hydrogen (secondary N) is 1. The first kappa shape index (κ1) is 17.9. The Bertz CT molecular complexity index is 719. The zero-order valence-electron chi connectivity index (χ0n) is 13.3. The Hall–Kier alpha value is -2.40. The molecule has 2 aromatic carbocycles. The molecule has 0 aliphatic carbocycles. The Morgan fingerprint density at radius 1 is 1.12 bits per heavy atom. The third-order valence-corrected chi connectivity index (χ3v) is 3.85. The lowest BCUT2D eigenvalue weighted by Crippen LogP contribution is -2.37. The molecular formula is C18H18ClFN2O2. The summed E-state index contributed by atoms with van der Waals surface area (Å²) in [5, 5.41) is 3.12. The van der Waals surface area contributed by atoms with Gasteiger partial charge in [-0.2, -0.15) is 0 Å². The van der Waals surface area contributed by atoms with E-state index in [1.54, 1.807) is 41.3 Å². The van der Waals surface area contributed by atoms with Crippen LogP contribution in [0.25, 0.3) is 0 Å². The van der Waals surface area contributed by atoms with E-state index in [-0.39, 0.29) is 17.6 Å². The SMILES string of the molecule is CC(=O)N(CCNC(=O)c1ccccc1Cl)Cc1ccc(F)cc1. The quantitative estimate of drug-likeness (QED) is 0.871. The fourth-order valence-electron chi connectivity index (χ4n) is 2.20. The average Bonchev–Trinajstić information content (AvgIpc) is 2.56. The van der Waals surface area contributed by atoms with Crippen LogP contribution in [0.5, 0.6) is 0 Å². The van der Waals surface area contributed by atoms with E-state index in [9.17, 15) is 14.0 Å². The van der Waals surface area contributed by atoms with Gasteiger partial charge in [-0.05, 0) is 29.8 Å². The Balaban J connectivity index is 1.90. The molecule has 0 saturated heterocycles. The second-order valence-corrected chi connectivity index (χ2v) is 5.71. The Kier molecular flexibility index (Phi) is 6.32. The van der Waals surface area contributed by atoms with Gasteiger partial charge in [0, 0.05) is 26.6 Å². The summed E-state index contributed by atoms with van der Waals surface area (Å²) in [6.07, 6.45) is 0. The molecule has 0 atom stereocenters. The Morgan fingerprint density at radius 2 is 1.79 bits per heavy atom. The van der Waals surface area contributed by atoms with Gasteiger partial charge >= 0.3 is 0 Å². The van der Waals surface area contributed by atoms with Gasteiger partial charge in [0.2, 0.25) is 5.91 Å². The van der Waals surface area contributed by atoms with Crippen molar-refractivity contribution in [3.63, 3.8) is 0 Å². The van der Waals surface area contributed by atoms with Crippen LogP contribution in [0.4, 0.5) is 4.39 Å². The molecule has 6 heteroatoms. The lowest BCUT2D eigenvalue weighted by atomic mass is 10.2. The number of carbonyl (C=O) groups is 2. The van der Waals surface area contributed by atoms with Crippen LogP contribution in [-0.2, 0) is 11.3 Å². The van der Waals surface area contributed by atoms with Gasteiger partial charge < -0.3 is 10.2 Å². The van der Waals surface area contributed by atoms with Crippen molar-refractivity contribution in [1.29, 1.82) is 0 Å². The third kappa shape index (κ3) is 5.06. The number of nitrogens with zero attached hydrogens (tertiary/aromatic N) is 1. The van der Waals surface area contributed by atoms with Crippen molar-refractivity contribution in [2.24, 2.45) is 0 Å². The van der Waals surface area contributed by atoms with Crippen LogP contribution in [0.1, 0.15) is 22.8 Å². The first-order chi connectivity index (χ1) is 11.5. The highest BCUT2D eigenvalue weighted by atomic mass is 35.5. The zero-order chi connectivity index (χ0) is 17.5. The molecule has 4 nitrogen and oxygen atoms in total. The molecule has 1 N–H and O–H groups in total. The zero-order valence-corrected chi connectivity index (χ0v) is 14.0. The van der Waals surface area contributed by atoms with E-state index in [4.69, 9.17) is 11.6 Å². The van der Waals surface area contributed by atoms with Crippen LogP contribution in [0, 0.1) is 5.82 Å². The van der Waals surface area contributed by atoms with E-state index in [0.717, 1.165) is 5.56 Å². The molecule has 0 fully saturated rings. The van der Waals surface area contributed by atoms with Gasteiger partial charge in [0.15, 0.2) is 0 Å². The van der Waals surface area contributed by atoms with Crippen LogP contribution in [0.3, 0.4) is 0 Å². The molecule has 0 radical (unpaired) electrons. The van der Waals surface area contributed by atoms with Crippen molar-refractivity contribution in [3.8, 4) is 0 Å². The Morgan fingerprint density at radius 3 is 2.42 bits per heavy atom. The van der Waals surface area contributed by atoms with E-state index in [1.165, 1.54) is 19.1 Å². The molecule has 0 aromatic heterocycles. The summed E-state index contributed by atoms with van der Waals surface area (Å²) in [6.45, 7) is 2.46. The average molecular weight is 349 g/mol. The molecule has 0 saturated carbocycles. The van der Waals surface area contributed by atoms with Crippen molar-refractivity contribution in [2.75, 3.05) is 13.1 Å². The summed E-state index contributed by atoms with van der Waals surface area (Å²) in [5.41, 5.74) is 1.22. The standard InChI is InChI=1S/C18H18ClFN2O2/c1-13(23)22(12-14-6-8-15(20)9-7-14)11-10-21-18(24)16-4-2-3-5-17(16)19/h2-9H,10-12H2,1H3,(H,21,24). The molecule has 2 aromatic rings. The predicted molar refractivity (Wildman–Crippen MR) is 91.3 cm³/mol. The Labute approximate surface area is 145 Å². The summed E-state index contributed by atoms with van der Waals surface area (Å²) < 4.78 is 12.9. The maximum Gasteiger partial charge on any atom is 0.252 e. The van der Waals surface area contributed by atoms with Gasteiger partial charge in [0.05, 0.1) is 10.6 Å². The monoisotopic (exact) mass is 348 g/mol. The molecule has 126 valence electrons. The topological polar surface area (TPSA) is 49.4 Å². The highest BCUT2D eigenvalue weighted by molar-refractivity contribution is 6.33. The van der Waals surface area contributed by atoms with Gasteiger partial charge in [-0.25, -0.2) is 4.39 Å². The fraction of sp³-hybridized carbons (Fsp3) is 0.222. The van der Waals surface area contributed by atoms with Crippen LogP contribution >= 0.6 is 11.6 Å². The number of carbonyl (C=O) groups excluding carboxylic acids is 2. The summed E-state index contributed by atoms with van der Waals surface area (Å²) in [4.78, 5) is 25.4. The van der Waals surface area contributed by atoms with Crippen LogP contribution in [-0.4, -0.2) is 29.8 Å². The fourth-order valence-corrected chi connectivity index (χ4v) is 2.42. The third-order valence-electron chi connectivity index (χ3n) is 3.52. The minimum Gasteiger partial charge on any atom is -0.350 e. The van der Waals surface area contributed by atoms with Gasteiger partial charge in [-0.15, -0.1) is 0 Å². The predicted octanol–water partition coefficient (Wildman–Crippen LogP) is 3.26. The maximum atomic E-state index is 12.9. The first-order valence-corrected chi connectivity index (χ1v) is 7.88. The first-order valence-electron chi connectivity index (χ1n) is 7.50. The summed E-state index contributed by atoms with van der Waals surface area (Å²) in [6, 6.07) is 12.7. The molecule has 2 rings (SSSR count). The molecule has 0 bridgehead atoms. The van der Waals surface area contributed by atoms with Crippen molar-refractivity contribution in [3.05, 3.63) is 70.5 Å². The van der Waals surface area contributed by atoms with E-state index >= 15 is 0 Å². The molecule has 0 spiro atoms. The van der Waals surface area contributed by atoms with E-state index in [2.05, 4.69) is 5.32 Å². The largest absolute Gasteiger partial charge is 0.350 e.